The van der Waals surface area contributed by atoms with Crippen molar-refractivity contribution in [3.63, 3.8) is 0 Å². The van der Waals surface area contributed by atoms with Crippen LogP contribution in [0.5, 0.6) is 0 Å². The van der Waals surface area contributed by atoms with Gasteiger partial charge in [0.25, 0.3) is 0 Å². The van der Waals surface area contributed by atoms with Crippen LogP contribution in [-0.4, -0.2) is 77.2 Å². The van der Waals surface area contributed by atoms with Crippen molar-refractivity contribution in [2.24, 2.45) is 0 Å². The molecule has 10 heteroatoms. The Labute approximate surface area is 341 Å². The van der Waals surface area contributed by atoms with Crippen LogP contribution in [-0.2, 0) is 29.0 Å². The molecule has 0 bridgehead atoms. The number of hydrogen-bond donors (Lipinski definition) is 1. The van der Waals surface area contributed by atoms with Crippen LogP contribution in [0.15, 0.2) is 0 Å². The van der Waals surface area contributed by atoms with Crippen molar-refractivity contribution in [2.45, 2.75) is 232 Å². The van der Waals surface area contributed by atoms with Crippen LogP contribution >= 0.6 is 0 Å². The van der Waals surface area contributed by atoms with Crippen LogP contribution in [0.3, 0.4) is 0 Å². The maximum atomic E-state index is 12.8. The van der Waals surface area contributed by atoms with Crippen LogP contribution < -0.4 is 4.72 Å². The number of nitrogens with one attached hydrogen (secondary N) is 1. The van der Waals surface area contributed by atoms with Gasteiger partial charge in [-0.3, -0.25) is 4.79 Å². The monoisotopic (exact) mass is 803 g/mol. The van der Waals surface area contributed by atoms with Crippen molar-refractivity contribution in [3.05, 3.63) is 0 Å². The van der Waals surface area contributed by atoms with Crippen LogP contribution in [0.1, 0.15) is 226 Å². The molecule has 55 heavy (non-hydrogen) atoms. The molecule has 0 unspecified atom stereocenters. The van der Waals surface area contributed by atoms with E-state index in [2.05, 4.69) is 30.4 Å². The fourth-order valence-corrected chi connectivity index (χ4v) is 7.56. The predicted molar refractivity (Wildman–Crippen MR) is 231 cm³/mol. The number of rotatable bonds is 43. The number of sulfonamides is 1. The number of carbonyl (C=O) groups excluding carboxylic acids is 2. The fraction of sp³-hybridized carbons (Fsp3) is 0.956. The van der Waals surface area contributed by atoms with E-state index < -0.39 is 16.2 Å². The van der Waals surface area contributed by atoms with Gasteiger partial charge < -0.3 is 19.1 Å². The standard InChI is InChI=1S/C45H90N2O7S/c1-5-8-11-14-17-24-31-41-52-45(49)53-42-32-25-23-30-39-47(40-33-37-46-55(4,50)51)38-29-22-18-21-28-36-44(48)54-43(34-26-19-15-12-9-6-2)35-27-20-16-13-10-7-3/h43,46H,5-42H2,1-4H3. The Bertz CT molecular complexity index is 934. The van der Waals surface area contributed by atoms with E-state index in [0.717, 1.165) is 122 Å². The first-order valence-corrected chi connectivity index (χ1v) is 25.3. The summed E-state index contributed by atoms with van der Waals surface area (Å²) >= 11 is 0. The molecule has 0 aliphatic rings. The quantitative estimate of drug-likeness (QED) is 0.0479. The Morgan fingerprint density at radius 2 is 0.891 bits per heavy atom. The summed E-state index contributed by atoms with van der Waals surface area (Å²) in [5, 5.41) is 0. The van der Waals surface area contributed by atoms with E-state index in [0.29, 0.717) is 26.2 Å². The normalized spacial score (nSPS) is 11.8. The molecule has 0 aromatic rings. The largest absolute Gasteiger partial charge is 0.508 e. The molecule has 0 aromatic carbocycles. The zero-order valence-electron chi connectivity index (χ0n) is 36.7. The molecule has 0 saturated heterocycles. The van der Waals surface area contributed by atoms with Gasteiger partial charge in [0.15, 0.2) is 0 Å². The Balaban J connectivity index is 4.30. The molecule has 328 valence electrons. The summed E-state index contributed by atoms with van der Waals surface area (Å²) in [6, 6.07) is 0. The van der Waals surface area contributed by atoms with E-state index in [-0.39, 0.29) is 12.1 Å². The average Bonchev–Trinajstić information content (AvgIpc) is 3.15. The summed E-state index contributed by atoms with van der Waals surface area (Å²) in [7, 11) is -3.18. The highest BCUT2D eigenvalue weighted by Crippen LogP contribution is 2.18. The maximum absolute atomic E-state index is 12.8. The summed E-state index contributed by atoms with van der Waals surface area (Å²) < 4.78 is 42.1. The van der Waals surface area contributed by atoms with Gasteiger partial charge in [-0.05, 0) is 83.8 Å². The van der Waals surface area contributed by atoms with Gasteiger partial charge in [0.05, 0.1) is 19.5 Å². The van der Waals surface area contributed by atoms with Gasteiger partial charge in [-0.25, -0.2) is 17.9 Å². The molecule has 0 aliphatic carbocycles. The topological polar surface area (TPSA) is 111 Å². The summed E-state index contributed by atoms with van der Waals surface area (Å²) in [4.78, 5) is 27.1. The second-order valence-corrected chi connectivity index (χ2v) is 17.9. The average molecular weight is 803 g/mol. The van der Waals surface area contributed by atoms with Gasteiger partial charge in [-0.1, -0.05) is 156 Å². The molecule has 0 aliphatic heterocycles. The number of esters is 1. The number of nitrogens with zero attached hydrogens (tertiary/aromatic N) is 1. The SMILES string of the molecule is CCCCCCCCCOC(=O)OCCCCCCN(CCCCCCCC(=O)OC(CCCCCCCC)CCCCCCCC)CCCNS(C)(=O)=O. The molecule has 1 N–H and O–H groups in total. The fourth-order valence-electron chi connectivity index (χ4n) is 7.05. The van der Waals surface area contributed by atoms with E-state index in [1.807, 2.05) is 0 Å². The van der Waals surface area contributed by atoms with E-state index in [1.54, 1.807) is 0 Å². The van der Waals surface area contributed by atoms with Gasteiger partial charge in [-0.15, -0.1) is 0 Å². The molecule has 0 atom stereocenters. The second kappa shape index (κ2) is 40.8. The van der Waals surface area contributed by atoms with E-state index in [4.69, 9.17) is 14.2 Å². The lowest BCUT2D eigenvalue weighted by Crippen LogP contribution is -2.31. The van der Waals surface area contributed by atoms with Crippen molar-refractivity contribution < 1.29 is 32.2 Å². The van der Waals surface area contributed by atoms with Gasteiger partial charge in [0.1, 0.15) is 6.10 Å². The van der Waals surface area contributed by atoms with Crippen LogP contribution in [0, 0.1) is 0 Å². The van der Waals surface area contributed by atoms with E-state index in [9.17, 15) is 18.0 Å². The smallest absolute Gasteiger partial charge is 0.462 e. The lowest BCUT2D eigenvalue weighted by Gasteiger charge is -2.22. The van der Waals surface area contributed by atoms with Crippen LogP contribution in [0.25, 0.3) is 0 Å². The summed E-state index contributed by atoms with van der Waals surface area (Å²) in [6.07, 6.45) is 36.8. The molecule has 0 heterocycles. The van der Waals surface area contributed by atoms with Gasteiger partial charge >= 0.3 is 12.1 Å². The first-order valence-electron chi connectivity index (χ1n) is 23.4. The Kier molecular flexibility index (Phi) is 39.8. The summed E-state index contributed by atoms with van der Waals surface area (Å²) in [5.74, 6) is -0.0128. The zero-order chi connectivity index (χ0) is 40.5. The molecule has 0 saturated carbocycles. The maximum Gasteiger partial charge on any atom is 0.508 e. The minimum Gasteiger partial charge on any atom is -0.462 e. The van der Waals surface area contributed by atoms with Gasteiger partial charge in [-0.2, -0.15) is 0 Å². The van der Waals surface area contributed by atoms with Crippen LogP contribution in [0.2, 0.25) is 0 Å². The van der Waals surface area contributed by atoms with Crippen molar-refractivity contribution in [3.8, 4) is 0 Å². The summed E-state index contributed by atoms with van der Waals surface area (Å²) in [6.45, 7) is 10.8. The molecular weight excluding hydrogens is 713 g/mol. The Hall–Kier alpha value is -1.39. The molecule has 0 amide bonds. The van der Waals surface area contributed by atoms with Crippen LogP contribution in [0.4, 0.5) is 4.79 Å². The minimum absolute atomic E-state index is 0.0128. The first kappa shape index (κ1) is 53.6. The zero-order valence-corrected chi connectivity index (χ0v) is 37.5. The third kappa shape index (κ3) is 42.0. The second-order valence-electron chi connectivity index (χ2n) is 16.1. The van der Waals surface area contributed by atoms with Crippen molar-refractivity contribution in [2.75, 3.05) is 45.6 Å². The minimum atomic E-state index is -3.18. The lowest BCUT2D eigenvalue weighted by molar-refractivity contribution is -0.150. The lowest BCUT2D eigenvalue weighted by atomic mass is 10.0. The summed E-state index contributed by atoms with van der Waals surface area (Å²) in [5.41, 5.74) is 0. The molecular formula is C45H90N2O7S. The molecule has 0 fully saturated rings. The highest BCUT2D eigenvalue weighted by atomic mass is 32.2. The molecule has 9 nitrogen and oxygen atoms in total. The number of ether oxygens (including phenoxy) is 3. The molecule has 0 spiro atoms. The predicted octanol–water partition coefficient (Wildman–Crippen LogP) is 12.4. The van der Waals surface area contributed by atoms with Crippen molar-refractivity contribution in [1.29, 1.82) is 0 Å². The first-order chi connectivity index (χ1) is 26.7. The highest BCUT2D eigenvalue weighted by molar-refractivity contribution is 7.88. The third-order valence-electron chi connectivity index (χ3n) is 10.5. The van der Waals surface area contributed by atoms with Crippen molar-refractivity contribution in [1.82, 2.24) is 9.62 Å². The molecule has 0 aromatic heterocycles. The van der Waals surface area contributed by atoms with Gasteiger partial charge in [0.2, 0.25) is 10.0 Å². The number of unbranched alkanes of at least 4 members (excludes halogenated alkanes) is 23. The highest BCUT2D eigenvalue weighted by Gasteiger charge is 2.14. The Morgan fingerprint density at radius 1 is 0.509 bits per heavy atom. The van der Waals surface area contributed by atoms with E-state index in [1.165, 1.54) is 103 Å². The molecule has 0 rings (SSSR count). The Morgan fingerprint density at radius 3 is 1.35 bits per heavy atom. The number of hydrogen-bond acceptors (Lipinski definition) is 8. The molecule has 0 radical (unpaired) electrons. The number of carbonyl (C=O) groups is 2. The third-order valence-corrected chi connectivity index (χ3v) is 11.2. The van der Waals surface area contributed by atoms with Crippen molar-refractivity contribution >= 4 is 22.1 Å². The van der Waals surface area contributed by atoms with Gasteiger partial charge in [0, 0.05) is 13.0 Å². The van der Waals surface area contributed by atoms with E-state index >= 15 is 0 Å².